The molecule has 1 N–H and O–H groups in total. The van der Waals surface area contributed by atoms with Gasteiger partial charge < -0.3 is 5.11 Å². The highest BCUT2D eigenvalue weighted by atomic mass is 19.1. The van der Waals surface area contributed by atoms with Crippen LogP contribution in [0.5, 0.6) is 5.88 Å². The molecule has 26 heavy (non-hydrogen) atoms. The minimum Gasteiger partial charge on any atom is -0.477 e. The molecule has 0 fully saturated rings. The standard InChI is InChI=1S/C19H13FN4O2/c20-15-6-4-14(5-7-15)17-18(25)23-8-2-1-3-16(23)24(19(17)26)11-13-9-21-12-22-10-13/h1-10,12H,11H2/p+1. The molecular formula is C19H14FN4O2+. The van der Waals surface area contributed by atoms with Crippen LogP contribution >= 0.6 is 0 Å². The van der Waals surface area contributed by atoms with Crippen molar-refractivity contribution in [3.8, 4) is 17.0 Å². The van der Waals surface area contributed by atoms with E-state index in [2.05, 4.69) is 9.97 Å². The summed E-state index contributed by atoms with van der Waals surface area (Å²) in [7, 11) is 0. The van der Waals surface area contributed by atoms with Gasteiger partial charge in [0.2, 0.25) is 0 Å². The molecule has 3 heterocycles. The molecule has 0 atom stereocenters. The summed E-state index contributed by atoms with van der Waals surface area (Å²) < 4.78 is 16.3. The van der Waals surface area contributed by atoms with Crippen LogP contribution in [0, 0.1) is 5.82 Å². The predicted octanol–water partition coefficient (Wildman–Crippen LogP) is 1.94. The number of aromatic hydroxyl groups is 1. The highest BCUT2D eigenvalue weighted by molar-refractivity contribution is 5.67. The van der Waals surface area contributed by atoms with Crippen LogP contribution in [0.15, 0.2) is 72.2 Å². The number of halogens is 1. The van der Waals surface area contributed by atoms with Crippen molar-refractivity contribution in [3.05, 3.63) is 89.1 Å². The molecule has 4 rings (SSSR count). The van der Waals surface area contributed by atoms with Gasteiger partial charge in [-0.05, 0) is 23.8 Å². The number of hydrogen-bond donors (Lipinski definition) is 1. The molecule has 0 aliphatic carbocycles. The van der Waals surface area contributed by atoms with Gasteiger partial charge in [0.1, 0.15) is 18.7 Å². The molecule has 0 saturated carbocycles. The van der Waals surface area contributed by atoms with Crippen molar-refractivity contribution in [1.82, 2.24) is 14.4 Å². The maximum absolute atomic E-state index is 13.3. The Morgan fingerprint density at radius 1 is 1.08 bits per heavy atom. The second-order valence-corrected chi connectivity index (χ2v) is 5.77. The minimum absolute atomic E-state index is 0.102. The fourth-order valence-electron chi connectivity index (χ4n) is 2.90. The van der Waals surface area contributed by atoms with Crippen molar-refractivity contribution in [2.24, 2.45) is 0 Å². The third-order valence-electron chi connectivity index (χ3n) is 4.11. The molecule has 0 aliphatic rings. The molecular weight excluding hydrogens is 335 g/mol. The lowest BCUT2D eigenvalue weighted by atomic mass is 10.1. The van der Waals surface area contributed by atoms with E-state index in [0.717, 1.165) is 5.56 Å². The quantitative estimate of drug-likeness (QED) is 0.574. The van der Waals surface area contributed by atoms with E-state index < -0.39 is 5.82 Å². The van der Waals surface area contributed by atoms with Crippen LogP contribution in [-0.2, 0) is 6.54 Å². The van der Waals surface area contributed by atoms with Crippen LogP contribution in [0.4, 0.5) is 4.39 Å². The third-order valence-corrected chi connectivity index (χ3v) is 4.11. The monoisotopic (exact) mass is 349 g/mol. The molecule has 7 heteroatoms. The number of benzene rings is 1. The summed E-state index contributed by atoms with van der Waals surface area (Å²) in [6.45, 7) is 0.272. The predicted molar refractivity (Wildman–Crippen MR) is 92.1 cm³/mol. The van der Waals surface area contributed by atoms with Crippen molar-refractivity contribution in [2.75, 3.05) is 0 Å². The van der Waals surface area contributed by atoms with Gasteiger partial charge >= 0.3 is 5.56 Å². The smallest absolute Gasteiger partial charge is 0.354 e. The molecule has 6 nitrogen and oxygen atoms in total. The van der Waals surface area contributed by atoms with E-state index in [-0.39, 0.29) is 23.5 Å². The summed E-state index contributed by atoms with van der Waals surface area (Å²) in [6.07, 6.45) is 6.33. The molecule has 3 aromatic heterocycles. The molecule has 0 saturated heterocycles. The lowest BCUT2D eigenvalue weighted by molar-refractivity contribution is -0.671. The number of rotatable bonds is 3. The Bertz CT molecular complexity index is 1140. The van der Waals surface area contributed by atoms with Gasteiger partial charge in [0.15, 0.2) is 5.56 Å². The lowest BCUT2D eigenvalue weighted by Gasteiger charge is -2.10. The average Bonchev–Trinajstić information content (AvgIpc) is 2.67. The van der Waals surface area contributed by atoms with Crippen LogP contribution in [0.1, 0.15) is 5.56 Å². The Labute approximate surface area is 147 Å². The van der Waals surface area contributed by atoms with Crippen LogP contribution in [0.2, 0.25) is 0 Å². The van der Waals surface area contributed by atoms with Gasteiger partial charge in [0, 0.05) is 24.0 Å². The number of pyridine rings is 1. The number of nitrogens with zero attached hydrogens (tertiary/aromatic N) is 4. The zero-order chi connectivity index (χ0) is 18.1. The van der Waals surface area contributed by atoms with Crippen molar-refractivity contribution >= 4 is 5.65 Å². The van der Waals surface area contributed by atoms with Crippen molar-refractivity contribution in [3.63, 3.8) is 0 Å². The Morgan fingerprint density at radius 3 is 2.54 bits per heavy atom. The Morgan fingerprint density at radius 2 is 1.81 bits per heavy atom. The van der Waals surface area contributed by atoms with Gasteiger partial charge in [-0.25, -0.2) is 19.2 Å². The van der Waals surface area contributed by atoms with Gasteiger partial charge in [-0.1, -0.05) is 18.2 Å². The van der Waals surface area contributed by atoms with Crippen molar-refractivity contribution in [1.29, 1.82) is 0 Å². The SMILES string of the molecule is O=c1c(-c2ccc(F)cc2)c(O)[n+](Cc2cncnc2)c2ccccn12. The van der Waals surface area contributed by atoms with E-state index in [4.69, 9.17) is 0 Å². The third kappa shape index (κ3) is 2.69. The fraction of sp³-hybridized carbons (Fsp3) is 0.0526. The van der Waals surface area contributed by atoms with Gasteiger partial charge in [0.05, 0.1) is 6.20 Å². The molecule has 0 radical (unpaired) electrons. The summed E-state index contributed by atoms with van der Waals surface area (Å²) in [5.41, 5.74) is 1.44. The Kier molecular flexibility index (Phi) is 3.89. The number of hydrogen-bond acceptors (Lipinski definition) is 4. The summed E-state index contributed by atoms with van der Waals surface area (Å²) in [4.78, 5) is 20.9. The largest absolute Gasteiger partial charge is 0.477 e. The summed E-state index contributed by atoms with van der Waals surface area (Å²) in [5, 5.41) is 10.9. The Balaban J connectivity index is 2.01. The van der Waals surface area contributed by atoms with E-state index in [9.17, 15) is 14.3 Å². The van der Waals surface area contributed by atoms with E-state index in [0.29, 0.717) is 11.2 Å². The molecule has 128 valence electrons. The fourth-order valence-corrected chi connectivity index (χ4v) is 2.90. The maximum atomic E-state index is 13.3. The van der Waals surface area contributed by atoms with E-state index >= 15 is 0 Å². The molecule has 4 aromatic rings. The van der Waals surface area contributed by atoms with E-state index in [1.165, 1.54) is 35.0 Å². The van der Waals surface area contributed by atoms with Crippen LogP contribution < -0.4 is 10.1 Å². The van der Waals surface area contributed by atoms with Gasteiger partial charge in [-0.3, -0.25) is 0 Å². The normalized spacial score (nSPS) is 11.0. The highest BCUT2D eigenvalue weighted by Crippen LogP contribution is 2.23. The average molecular weight is 349 g/mol. The van der Waals surface area contributed by atoms with Crippen LogP contribution in [0.3, 0.4) is 0 Å². The summed E-state index contributed by atoms with van der Waals surface area (Å²) >= 11 is 0. The van der Waals surface area contributed by atoms with Crippen molar-refractivity contribution in [2.45, 2.75) is 6.54 Å². The first kappa shape index (κ1) is 15.9. The molecule has 0 spiro atoms. The zero-order valence-corrected chi connectivity index (χ0v) is 13.6. The summed E-state index contributed by atoms with van der Waals surface area (Å²) in [6, 6.07) is 10.7. The molecule has 0 bridgehead atoms. The molecule has 1 aromatic carbocycles. The summed E-state index contributed by atoms with van der Waals surface area (Å²) in [5.74, 6) is -0.611. The molecule has 0 unspecified atom stereocenters. The first-order valence-corrected chi connectivity index (χ1v) is 7.91. The zero-order valence-electron chi connectivity index (χ0n) is 13.6. The van der Waals surface area contributed by atoms with Gasteiger partial charge in [-0.15, -0.1) is 0 Å². The van der Waals surface area contributed by atoms with Crippen LogP contribution in [-0.4, -0.2) is 19.5 Å². The second kappa shape index (κ2) is 6.36. The number of fused-ring (bicyclic) bond motifs is 1. The molecule has 0 amide bonds. The second-order valence-electron chi connectivity index (χ2n) is 5.77. The van der Waals surface area contributed by atoms with Crippen molar-refractivity contribution < 1.29 is 14.1 Å². The minimum atomic E-state index is -0.413. The number of aromatic nitrogens is 4. The van der Waals surface area contributed by atoms with E-state index in [1.54, 1.807) is 41.4 Å². The highest BCUT2D eigenvalue weighted by Gasteiger charge is 2.25. The van der Waals surface area contributed by atoms with Crippen LogP contribution in [0.25, 0.3) is 16.8 Å². The maximum Gasteiger partial charge on any atom is 0.354 e. The Hall–Kier alpha value is -3.61. The topological polar surface area (TPSA) is 71.4 Å². The first-order valence-electron chi connectivity index (χ1n) is 7.91. The molecule has 0 aliphatic heterocycles. The van der Waals surface area contributed by atoms with Gasteiger partial charge in [0.25, 0.3) is 11.5 Å². The van der Waals surface area contributed by atoms with Gasteiger partial charge in [-0.2, -0.15) is 8.97 Å². The lowest BCUT2D eigenvalue weighted by Crippen LogP contribution is -2.41. The first-order chi connectivity index (χ1) is 12.6. The van der Waals surface area contributed by atoms with E-state index in [1.807, 2.05) is 0 Å².